The molecule has 1 aliphatic heterocycles. The van der Waals surface area contributed by atoms with Crippen LogP contribution < -0.4 is 0 Å². The highest BCUT2D eigenvalue weighted by Crippen LogP contribution is 2.33. The Bertz CT molecular complexity index is 876. The number of carbonyl (C=O) groups excluding carboxylic acids is 2. The summed E-state index contributed by atoms with van der Waals surface area (Å²) in [5.74, 6) is -2.04. The van der Waals surface area contributed by atoms with Crippen LogP contribution in [0.25, 0.3) is 0 Å². The average Bonchev–Trinajstić information content (AvgIpc) is 3.20. The summed E-state index contributed by atoms with van der Waals surface area (Å²) >= 11 is 0. The predicted molar refractivity (Wildman–Crippen MR) is 110 cm³/mol. The van der Waals surface area contributed by atoms with E-state index in [1.54, 1.807) is 34.1 Å². The first-order valence-corrected chi connectivity index (χ1v) is 9.92. The van der Waals surface area contributed by atoms with Gasteiger partial charge in [0.25, 0.3) is 11.8 Å². The van der Waals surface area contributed by atoms with E-state index in [0.717, 1.165) is 5.56 Å². The molecule has 2 atom stereocenters. The number of hydrogen-bond donors (Lipinski definition) is 1. The zero-order valence-corrected chi connectivity index (χ0v) is 16.7. The smallest absolute Gasteiger partial charge is 0.308 e. The van der Waals surface area contributed by atoms with Crippen molar-refractivity contribution >= 4 is 17.8 Å². The van der Waals surface area contributed by atoms with Gasteiger partial charge in [0.2, 0.25) is 0 Å². The maximum absolute atomic E-state index is 13.0. The van der Waals surface area contributed by atoms with Crippen LogP contribution >= 0.6 is 0 Å². The minimum absolute atomic E-state index is 0.0646. The van der Waals surface area contributed by atoms with Gasteiger partial charge >= 0.3 is 5.97 Å². The number of carbonyl (C=O) groups is 3. The molecule has 6 nitrogen and oxygen atoms in total. The molecule has 3 rings (SSSR count). The maximum atomic E-state index is 13.0. The molecule has 1 saturated heterocycles. The summed E-state index contributed by atoms with van der Waals surface area (Å²) in [5.41, 5.74) is 1.92. The first-order chi connectivity index (χ1) is 14.0. The Labute approximate surface area is 170 Å². The Hall–Kier alpha value is -3.15. The molecule has 0 aliphatic carbocycles. The summed E-state index contributed by atoms with van der Waals surface area (Å²) in [6.07, 6.45) is 0. The van der Waals surface area contributed by atoms with Gasteiger partial charge in [0.15, 0.2) is 0 Å². The first kappa shape index (κ1) is 20.6. The summed E-state index contributed by atoms with van der Waals surface area (Å²) in [6.45, 7) is 5.64. The lowest BCUT2D eigenvalue weighted by Gasteiger charge is -2.19. The third-order valence-corrected chi connectivity index (χ3v) is 5.58. The lowest BCUT2D eigenvalue weighted by Crippen LogP contribution is -2.31. The fourth-order valence-electron chi connectivity index (χ4n) is 3.89. The minimum atomic E-state index is -0.894. The molecule has 1 heterocycles. The fraction of sp³-hybridized carbons (Fsp3) is 0.348. The summed E-state index contributed by atoms with van der Waals surface area (Å²) in [5, 5.41) is 9.63. The van der Waals surface area contributed by atoms with E-state index in [4.69, 9.17) is 0 Å². The Morgan fingerprint density at radius 2 is 1.52 bits per heavy atom. The fourth-order valence-corrected chi connectivity index (χ4v) is 3.89. The number of aliphatic carboxylic acids is 1. The molecule has 1 aliphatic rings. The van der Waals surface area contributed by atoms with Gasteiger partial charge in [0, 0.05) is 43.2 Å². The van der Waals surface area contributed by atoms with Crippen molar-refractivity contribution in [1.82, 2.24) is 9.80 Å². The van der Waals surface area contributed by atoms with E-state index in [9.17, 15) is 19.5 Å². The molecule has 152 valence electrons. The number of amides is 2. The van der Waals surface area contributed by atoms with E-state index >= 15 is 0 Å². The highest BCUT2D eigenvalue weighted by Gasteiger charge is 2.40. The van der Waals surface area contributed by atoms with Gasteiger partial charge in [-0.15, -0.1) is 0 Å². The molecule has 0 saturated carbocycles. The summed E-state index contributed by atoms with van der Waals surface area (Å²) in [6, 6.07) is 16.1. The summed E-state index contributed by atoms with van der Waals surface area (Å²) in [4.78, 5) is 40.5. The van der Waals surface area contributed by atoms with E-state index in [1.807, 2.05) is 44.2 Å². The zero-order valence-electron chi connectivity index (χ0n) is 16.7. The van der Waals surface area contributed by atoms with Gasteiger partial charge in [-0.3, -0.25) is 14.4 Å². The first-order valence-electron chi connectivity index (χ1n) is 9.92. The predicted octanol–water partition coefficient (Wildman–Crippen LogP) is 3.11. The molecular weight excluding hydrogens is 368 g/mol. The molecule has 2 aromatic rings. The van der Waals surface area contributed by atoms with Crippen LogP contribution in [0, 0.1) is 5.92 Å². The van der Waals surface area contributed by atoms with Crippen LogP contribution in [0.3, 0.4) is 0 Å². The Morgan fingerprint density at radius 3 is 2.07 bits per heavy atom. The van der Waals surface area contributed by atoms with Crippen molar-refractivity contribution in [2.24, 2.45) is 5.92 Å². The van der Waals surface area contributed by atoms with Crippen LogP contribution in [0.5, 0.6) is 0 Å². The lowest BCUT2D eigenvalue weighted by atomic mass is 9.89. The second-order valence-electron chi connectivity index (χ2n) is 7.23. The number of rotatable bonds is 6. The SMILES string of the molecule is CCN(CC)C(=O)c1ccc(C(=O)N2C[C@H](C(=O)O)[C@H](c3ccccc3)C2)cc1. The number of carboxylic acids is 1. The number of likely N-dealkylation sites (tertiary alicyclic amines) is 1. The molecule has 0 bridgehead atoms. The number of nitrogens with zero attached hydrogens (tertiary/aromatic N) is 2. The van der Waals surface area contributed by atoms with Gasteiger partial charge in [-0.25, -0.2) is 0 Å². The van der Waals surface area contributed by atoms with Crippen molar-refractivity contribution in [3.8, 4) is 0 Å². The summed E-state index contributed by atoms with van der Waals surface area (Å²) < 4.78 is 0. The largest absolute Gasteiger partial charge is 0.481 e. The second-order valence-corrected chi connectivity index (χ2v) is 7.23. The molecule has 0 spiro atoms. The van der Waals surface area contributed by atoms with Crippen molar-refractivity contribution in [3.05, 3.63) is 71.3 Å². The summed E-state index contributed by atoms with van der Waals surface area (Å²) in [7, 11) is 0. The lowest BCUT2D eigenvalue weighted by molar-refractivity contribution is -0.141. The van der Waals surface area contributed by atoms with Crippen molar-refractivity contribution in [2.45, 2.75) is 19.8 Å². The van der Waals surface area contributed by atoms with Crippen LogP contribution in [0.2, 0.25) is 0 Å². The zero-order chi connectivity index (χ0) is 21.0. The van der Waals surface area contributed by atoms with Crippen LogP contribution in [0.15, 0.2) is 54.6 Å². The maximum Gasteiger partial charge on any atom is 0.308 e. The minimum Gasteiger partial charge on any atom is -0.481 e. The van der Waals surface area contributed by atoms with Crippen LogP contribution in [0.4, 0.5) is 0 Å². The quantitative estimate of drug-likeness (QED) is 0.817. The van der Waals surface area contributed by atoms with Crippen LogP contribution in [0.1, 0.15) is 46.0 Å². The van der Waals surface area contributed by atoms with Crippen molar-refractivity contribution in [2.75, 3.05) is 26.2 Å². The normalized spacial score (nSPS) is 18.5. The van der Waals surface area contributed by atoms with Crippen molar-refractivity contribution in [3.63, 3.8) is 0 Å². The van der Waals surface area contributed by atoms with Crippen LogP contribution in [-0.2, 0) is 4.79 Å². The molecule has 0 radical (unpaired) electrons. The Kier molecular flexibility index (Phi) is 6.32. The third-order valence-electron chi connectivity index (χ3n) is 5.58. The number of benzene rings is 2. The molecule has 6 heteroatoms. The van der Waals surface area contributed by atoms with Gasteiger partial charge < -0.3 is 14.9 Å². The molecule has 1 fully saturated rings. The van der Waals surface area contributed by atoms with Crippen molar-refractivity contribution in [1.29, 1.82) is 0 Å². The molecule has 0 unspecified atom stereocenters. The molecule has 2 amide bonds. The van der Waals surface area contributed by atoms with Gasteiger partial charge in [-0.05, 0) is 43.7 Å². The Balaban J connectivity index is 1.76. The van der Waals surface area contributed by atoms with Crippen molar-refractivity contribution < 1.29 is 19.5 Å². The van der Waals surface area contributed by atoms with E-state index in [1.165, 1.54) is 0 Å². The topological polar surface area (TPSA) is 77.9 Å². The molecule has 2 aromatic carbocycles. The van der Waals surface area contributed by atoms with E-state index in [0.29, 0.717) is 30.8 Å². The second kappa shape index (κ2) is 8.90. The van der Waals surface area contributed by atoms with Crippen LogP contribution in [-0.4, -0.2) is 58.9 Å². The standard InChI is InChI=1S/C23H26N2O4/c1-3-24(4-2)21(26)17-10-12-18(13-11-17)22(27)25-14-19(20(15-25)23(28)29)16-8-6-5-7-9-16/h5-13,19-20H,3-4,14-15H2,1-2H3,(H,28,29)/t19-,20-/m0/s1. The van der Waals surface area contributed by atoms with E-state index in [2.05, 4.69) is 0 Å². The molecule has 29 heavy (non-hydrogen) atoms. The van der Waals surface area contributed by atoms with Gasteiger partial charge in [0.1, 0.15) is 0 Å². The van der Waals surface area contributed by atoms with Gasteiger partial charge in [-0.1, -0.05) is 30.3 Å². The average molecular weight is 394 g/mol. The number of carboxylic acid groups (broad SMARTS) is 1. The molecule has 0 aromatic heterocycles. The van der Waals surface area contributed by atoms with Gasteiger partial charge in [0.05, 0.1) is 5.92 Å². The van der Waals surface area contributed by atoms with E-state index < -0.39 is 11.9 Å². The van der Waals surface area contributed by atoms with E-state index in [-0.39, 0.29) is 24.3 Å². The highest BCUT2D eigenvalue weighted by atomic mass is 16.4. The number of hydrogen-bond acceptors (Lipinski definition) is 3. The molecule has 1 N–H and O–H groups in total. The van der Waals surface area contributed by atoms with Gasteiger partial charge in [-0.2, -0.15) is 0 Å². The third kappa shape index (κ3) is 4.31. The monoisotopic (exact) mass is 394 g/mol. The molecular formula is C23H26N2O4. The Morgan fingerprint density at radius 1 is 0.931 bits per heavy atom. The highest BCUT2D eigenvalue weighted by molar-refractivity contribution is 5.98.